The minimum atomic E-state index is -0.249. The summed E-state index contributed by atoms with van der Waals surface area (Å²) in [7, 11) is 3.24. The molecule has 0 aliphatic rings. The third-order valence-corrected chi connectivity index (χ3v) is 6.13. The Labute approximate surface area is 182 Å². The molecule has 0 fully saturated rings. The van der Waals surface area contributed by atoms with Crippen molar-refractivity contribution in [3.8, 4) is 39.0 Å². The fraction of sp³-hybridized carbons (Fsp3) is 0.0833. The van der Waals surface area contributed by atoms with E-state index >= 15 is 0 Å². The van der Waals surface area contributed by atoms with Crippen molar-refractivity contribution < 1.29 is 13.9 Å². The van der Waals surface area contributed by atoms with Crippen LogP contribution in [-0.2, 0) is 0 Å². The highest BCUT2D eigenvalue weighted by Gasteiger charge is 2.12. The predicted molar refractivity (Wildman–Crippen MR) is 121 cm³/mol. The zero-order valence-electron chi connectivity index (χ0n) is 16.9. The van der Waals surface area contributed by atoms with E-state index in [2.05, 4.69) is 9.97 Å². The number of hydrogen-bond donors (Lipinski definition) is 0. The second-order valence-electron chi connectivity index (χ2n) is 6.90. The van der Waals surface area contributed by atoms with E-state index < -0.39 is 0 Å². The summed E-state index contributed by atoms with van der Waals surface area (Å²) in [6.45, 7) is 0. The van der Waals surface area contributed by atoms with Gasteiger partial charge in [0.25, 0.3) is 0 Å². The van der Waals surface area contributed by atoms with Crippen molar-refractivity contribution >= 4 is 21.6 Å². The van der Waals surface area contributed by atoms with Crippen molar-refractivity contribution in [1.82, 2.24) is 14.5 Å². The highest BCUT2D eigenvalue weighted by Crippen LogP contribution is 2.34. The van der Waals surface area contributed by atoms with Gasteiger partial charge in [0.1, 0.15) is 10.8 Å². The average molecular weight is 431 g/mol. The van der Waals surface area contributed by atoms with Crippen LogP contribution in [-0.4, -0.2) is 28.8 Å². The normalized spacial score (nSPS) is 11.1. The number of fused-ring (bicyclic) bond motifs is 1. The molecular formula is C24H18FN3O2S. The van der Waals surface area contributed by atoms with Gasteiger partial charge in [-0.15, -0.1) is 11.3 Å². The van der Waals surface area contributed by atoms with Gasteiger partial charge in [-0.25, -0.2) is 14.4 Å². The van der Waals surface area contributed by atoms with Gasteiger partial charge in [0, 0.05) is 16.8 Å². The van der Waals surface area contributed by atoms with Gasteiger partial charge in [-0.05, 0) is 60.7 Å². The summed E-state index contributed by atoms with van der Waals surface area (Å²) < 4.78 is 27.1. The lowest BCUT2D eigenvalue weighted by molar-refractivity contribution is 0.355. The van der Waals surface area contributed by atoms with Gasteiger partial charge in [-0.2, -0.15) is 0 Å². The van der Waals surface area contributed by atoms with Crippen LogP contribution in [0.5, 0.6) is 11.5 Å². The van der Waals surface area contributed by atoms with Gasteiger partial charge < -0.3 is 9.47 Å². The third kappa shape index (κ3) is 3.53. The SMILES string of the molecule is COc1ccc(-c2cncn2-c2ccc(-c3nc4ccc(F)cc4s3)cc2)cc1OC. The number of methoxy groups -OCH3 is 2. The molecule has 0 amide bonds. The smallest absolute Gasteiger partial charge is 0.161 e. The van der Waals surface area contributed by atoms with Crippen molar-refractivity contribution in [2.45, 2.75) is 0 Å². The lowest BCUT2D eigenvalue weighted by atomic mass is 10.1. The highest BCUT2D eigenvalue weighted by molar-refractivity contribution is 7.21. The monoisotopic (exact) mass is 431 g/mol. The maximum Gasteiger partial charge on any atom is 0.161 e. The second-order valence-corrected chi connectivity index (χ2v) is 7.93. The standard InChI is InChI=1S/C24H18FN3O2S/c1-29-21-10-5-16(11-22(21)30-2)20-13-26-14-28(20)18-7-3-15(4-8-18)24-27-19-9-6-17(25)12-23(19)31-24/h3-14H,1-2H3. The number of ether oxygens (including phenoxy) is 2. The molecule has 2 heterocycles. The van der Waals surface area contributed by atoms with Gasteiger partial charge in [0.2, 0.25) is 0 Å². The molecule has 0 aliphatic carbocycles. The van der Waals surface area contributed by atoms with E-state index in [-0.39, 0.29) is 5.82 Å². The minimum Gasteiger partial charge on any atom is -0.493 e. The molecule has 5 nitrogen and oxygen atoms in total. The summed E-state index contributed by atoms with van der Waals surface area (Å²) in [5, 5.41) is 0.859. The molecule has 5 rings (SSSR count). The van der Waals surface area contributed by atoms with Gasteiger partial charge >= 0.3 is 0 Å². The number of aromatic nitrogens is 3. The number of thiazole rings is 1. The Morgan fingerprint density at radius 3 is 2.42 bits per heavy atom. The van der Waals surface area contributed by atoms with E-state index in [4.69, 9.17) is 9.47 Å². The zero-order valence-corrected chi connectivity index (χ0v) is 17.7. The number of halogens is 1. The average Bonchev–Trinajstić information content (AvgIpc) is 3.45. The first kappa shape index (κ1) is 19.3. The quantitative estimate of drug-likeness (QED) is 0.344. The molecule has 5 aromatic rings. The molecule has 2 aromatic heterocycles. The number of nitrogens with zero attached hydrogens (tertiary/aromatic N) is 3. The minimum absolute atomic E-state index is 0.249. The molecular weight excluding hydrogens is 413 g/mol. The van der Waals surface area contributed by atoms with Crippen LogP contribution >= 0.6 is 11.3 Å². The topological polar surface area (TPSA) is 49.2 Å². The predicted octanol–water partition coefficient (Wildman–Crippen LogP) is 5.97. The van der Waals surface area contributed by atoms with Crippen molar-refractivity contribution in [1.29, 1.82) is 0 Å². The van der Waals surface area contributed by atoms with Crippen LogP contribution in [0.3, 0.4) is 0 Å². The fourth-order valence-electron chi connectivity index (χ4n) is 3.50. The van der Waals surface area contributed by atoms with Gasteiger partial charge in [-0.1, -0.05) is 0 Å². The fourth-order valence-corrected chi connectivity index (χ4v) is 4.49. The molecule has 3 aromatic carbocycles. The Morgan fingerprint density at radius 1 is 0.871 bits per heavy atom. The molecule has 7 heteroatoms. The van der Waals surface area contributed by atoms with Crippen molar-refractivity contribution in [2.75, 3.05) is 14.2 Å². The first-order valence-corrected chi connectivity index (χ1v) is 10.4. The Morgan fingerprint density at radius 2 is 1.65 bits per heavy atom. The molecule has 0 bridgehead atoms. The maximum absolute atomic E-state index is 13.5. The molecule has 0 atom stereocenters. The summed E-state index contributed by atoms with van der Waals surface area (Å²) in [4.78, 5) is 8.96. The highest BCUT2D eigenvalue weighted by atomic mass is 32.1. The van der Waals surface area contributed by atoms with Crippen LogP contribution in [0, 0.1) is 5.82 Å². The van der Waals surface area contributed by atoms with E-state index in [1.54, 1.807) is 26.6 Å². The van der Waals surface area contributed by atoms with E-state index in [9.17, 15) is 4.39 Å². The number of hydrogen-bond acceptors (Lipinski definition) is 5. The van der Waals surface area contributed by atoms with E-state index in [1.807, 2.05) is 53.2 Å². The Hall–Kier alpha value is -3.71. The number of imidazole rings is 1. The largest absolute Gasteiger partial charge is 0.493 e. The molecule has 0 aliphatic heterocycles. The van der Waals surface area contributed by atoms with E-state index in [0.29, 0.717) is 11.5 Å². The molecule has 0 radical (unpaired) electrons. The van der Waals surface area contributed by atoms with Crippen molar-refractivity contribution in [2.24, 2.45) is 0 Å². The van der Waals surface area contributed by atoms with Crippen LogP contribution in [0.25, 0.3) is 37.7 Å². The van der Waals surface area contributed by atoms with Crippen LogP contribution in [0.4, 0.5) is 4.39 Å². The molecule has 154 valence electrons. The Balaban J connectivity index is 1.49. The van der Waals surface area contributed by atoms with Crippen molar-refractivity contribution in [3.05, 3.63) is 79.0 Å². The van der Waals surface area contributed by atoms with Crippen LogP contribution in [0.2, 0.25) is 0 Å². The van der Waals surface area contributed by atoms with Gasteiger partial charge in [-0.3, -0.25) is 4.57 Å². The van der Waals surface area contributed by atoms with Crippen LogP contribution in [0.15, 0.2) is 73.2 Å². The molecule has 0 spiro atoms. The Bertz CT molecular complexity index is 1380. The van der Waals surface area contributed by atoms with Crippen molar-refractivity contribution in [3.63, 3.8) is 0 Å². The van der Waals surface area contributed by atoms with Crippen LogP contribution in [0.1, 0.15) is 0 Å². The van der Waals surface area contributed by atoms with Gasteiger partial charge in [0.15, 0.2) is 11.5 Å². The molecule has 0 saturated carbocycles. The first-order valence-electron chi connectivity index (χ1n) is 9.58. The molecule has 0 saturated heterocycles. The third-order valence-electron chi connectivity index (χ3n) is 5.06. The Kier molecular flexibility index (Phi) is 4.88. The second kappa shape index (κ2) is 7.85. The van der Waals surface area contributed by atoms with E-state index in [1.165, 1.54) is 23.5 Å². The summed E-state index contributed by atoms with van der Waals surface area (Å²) >= 11 is 1.48. The number of benzene rings is 3. The summed E-state index contributed by atoms with van der Waals surface area (Å²) in [5.74, 6) is 1.09. The molecule has 0 unspecified atom stereocenters. The lowest BCUT2D eigenvalue weighted by Crippen LogP contribution is -1.96. The van der Waals surface area contributed by atoms with Gasteiger partial charge in [0.05, 0.1) is 42.7 Å². The van der Waals surface area contributed by atoms with E-state index in [0.717, 1.165) is 37.7 Å². The number of rotatable bonds is 5. The van der Waals surface area contributed by atoms with Crippen LogP contribution < -0.4 is 9.47 Å². The molecule has 31 heavy (non-hydrogen) atoms. The molecule has 0 N–H and O–H groups in total. The summed E-state index contributed by atoms with van der Waals surface area (Å²) in [6, 6.07) is 18.5. The lowest BCUT2D eigenvalue weighted by Gasteiger charge is -2.12. The summed E-state index contributed by atoms with van der Waals surface area (Å²) in [5.41, 5.74) is 4.66. The first-order chi connectivity index (χ1) is 15.2. The summed E-state index contributed by atoms with van der Waals surface area (Å²) in [6.07, 6.45) is 3.60. The zero-order chi connectivity index (χ0) is 21.4. The maximum atomic E-state index is 13.5.